The second kappa shape index (κ2) is 7.27. The number of esters is 1. The molecular weight excluding hydrogens is 392 g/mol. The first-order valence-electron chi connectivity index (χ1n) is 12.6. The number of hydrogen-bond donors (Lipinski definition) is 0. The number of carbonyl (C=O) groups is 1. The topological polar surface area (TPSA) is 38.8 Å². The lowest BCUT2D eigenvalue weighted by atomic mass is 9.44. The van der Waals surface area contributed by atoms with Crippen LogP contribution in [0.15, 0.2) is 11.6 Å². The van der Waals surface area contributed by atoms with E-state index in [2.05, 4.69) is 25.6 Å². The number of fused-ring (bicyclic) bond motifs is 5. The monoisotopic (exact) mass is 430 g/mol. The zero-order chi connectivity index (χ0) is 20.5. The summed E-state index contributed by atoms with van der Waals surface area (Å²) in [6.45, 7) is 6.81. The van der Waals surface area contributed by atoms with Gasteiger partial charge in [0, 0.05) is 17.1 Å². The minimum atomic E-state index is -0.110. The molecule has 0 amide bonds. The fourth-order valence-electron chi connectivity index (χ4n) is 8.98. The van der Waals surface area contributed by atoms with Gasteiger partial charge in [-0.05, 0) is 104 Å². The first-order chi connectivity index (χ1) is 14.5. The predicted octanol–water partition coefficient (Wildman–Crippen LogP) is 5.63. The van der Waals surface area contributed by atoms with Gasteiger partial charge in [0.15, 0.2) is 0 Å². The third-order valence-corrected chi connectivity index (χ3v) is 12.1. The fourth-order valence-corrected chi connectivity index (χ4v) is 10.3. The molecular formula is C26H38O3S. The number of thioether (sulfide) groups is 1. The summed E-state index contributed by atoms with van der Waals surface area (Å²) in [5, 5.41) is 0.875. The van der Waals surface area contributed by atoms with Crippen LogP contribution < -0.4 is 0 Å². The van der Waals surface area contributed by atoms with Crippen molar-refractivity contribution < 1.29 is 14.3 Å². The summed E-state index contributed by atoms with van der Waals surface area (Å²) in [5.41, 5.74) is 2.27. The van der Waals surface area contributed by atoms with Gasteiger partial charge in [-0.1, -0.05) is 13.8 Å². The maximum atomic E-state index is 11.7. The SMILES string of the molecule is C[C@]12CC[C@H](SCC3CO3)C[C@H]1CC[C@@H]1[C@@H]2CC[C@]2(C)[C@@H](C3=CC(=O)OC3)CC[C@@H]12. The number of carbonyl (C=O) groups excluding carboxylic acids is 1. The van der Waals surface area contributed by atoms with E-state index in [9.17, 15) is 4.79 Å². The molecule has 6 aliphatic rings. The summed E-state index contributed by atoms with van der Waals surface area (Å²) in [4.78, 5) is 11.7. The Bertz CT molecular complexity index is 745. The highest BCUT2D eigenvalue weighted by Gasteiger charge is 2.60. The molecule has 9 atom stereocenters. The largest absolute Gasteiger partial charge is 0.458 e. The molecule has 3 nitrogen and oxygen atoms in total. The highest BCUT2D eigenvalue weighted by Crippen LogP contribution is 2.68. The van der Waals surface area contributed by atoms with Crippen LogP contribution in [0.4, 0.5) is 0 Å². The second-order valence-corrected chi connectivity index (χ2v) is 13.2. The van der Waals surface area contributed by atoms with Gasteiger partial charge in [-0.2, -0.15) is 11.8 Å². The van der Waals surface area contributed by atoms with E-state index in [0.29, 0.717) is 29.5 Å². The second-order valence-electron chi connectivity index (χ2n) is 11.8. The summed E-state index contributed by atoms with van der Waals surface area (Å²) in [5.74, 6) is 5.34. The molecule has 2 aliphatic heterocycles. The molecule has 0 aromatic rings. The van der Waals surface area contributed by atoms with Crippen molar-refractivity contribution in [1.29, 1.82) is 0 Å². The lowest BCUT2D eigenvalue weighted by Gasteiger charge is -2.61. The van der Waals surface area contributed by atoms with Crippen molar-refractivity contribution in [3.8, 4) is 0 Å². The third kappa shape index (κ3) is 3.14. The van der Waals surface area contributed by atoms with Crippen LogP contribution in [0.5, 0.6) is 0 Å². The quantitative estimate of drug-likeness (QED) is 0.428. The van der Waals surface area contributed by atoms with Gasteiger partial charge in [0.1, 0.15) is 6.61 Å². The third-order valence-electron chi connectivity index (χ3n) is 10.7. The van der Waals surface area contributed by atoms with Gasteiger partial charge in [-0.3, -0.25) is 0 Å². The molecule has 0 bridgehead atoms. The van der Waals surface area contributed by atoms with E-state index in [4.69, 9.17) is 9.47 Å². The van der Waals surface area contributed by atoms with E-state index < -0.39 is 0 Å². The van der Waals surface area contributed by atoms with E-state index in [-0.39, 0.29) is 5.97 Å². The molecule has 1 saturated heterocycles. The molecule has 4 heteroatoms. The Labute approximate surface area is 186 Å². The molecule has 0 spiro atoms. The van der Waals surface area contributed by atoms with Gasteiger partial charge < -0.3 is 9.47 Å². The number of hydrogen-bond acceptors (Lipinski definition) is 4. The van der Waals surface area contributed by atoms with Crippen LogP contribution >= 0.6 is 11.8 Å². The van der Waals surface area contributed by atoms with Crippen LogP contribution in [-0.4, -0.2) is 36.3 Å². The van der Waals surface area contributed by atoms with Gasteiger partial charge in [0.25, 0.3) is 0 Å². The highest BCUT2D eigenvalue weighted by molar-refractivity contribution is 7.99. The minimum absolute atomic E-state index is 0.110. The zero-order valence-corrected chi connectivity index (χ0v) is 19.6. The van der Waals surface area contributed by atoms with Crippen LogP contribution in [0, 0.1) is 40.4 Å². The molecule has 0 aromatic heterocycles. The van der Waals surface area contributed by atoms with Crippen molar-refractivity contribution in [2.24, 2.45) is 40.4 Å². The standard InChI is InChI=1S/C26H38O3S/c1-25-9-7-19(30-15-18-14-28-18)12-17(25)3-4-20-22-6-5-21(16-11-24(27)29-13-16)26(22,2)10-8-23(20)25/h11,17-23H,3-10,12-15H2,1-2H3/t17-,18?,19+,20+,21-,22+,23+,25+,26-/m1/s1. The molecule has 1 unspecified atom stereocenters. The molecule has 4 saturated carbocycles. The molecule has 0 aromatic carbocycles. The van der Waals surface area contributed by atoms with Crippen molar-refractivity contribution in [2.45, 2.75) is 83.0 Å². The Morgan fingerprint density at radius 2 is 1.83 bits per heavy atom. The molecule has 5 fully saturated rings. The van der Waals surface area contributed by atoms with E-state index in [0.717, 1.165) is 35.5 Å². The number of epoxide rings is 1. The van der Waals surface area contributed by atoms with Crippen molar-refractivity contribution >= 4 is 17.7 Å². The van der Waals surface area contributed by atoms with Crippen LogP contribution in [0.1, 0.15) is 71.6 Å². The van der Waals surface area contributed by atoms with Crippen LogP contribution in [0.2, 0.25) is 0 Å². The first-order valence-corrected chi connectivity index (χ1v) is 13.6. The molecule has 0 N–H and O–H groups in total. The van der Waals surface area contributed by atoms with Crippen molar-refractivity contribution in [3.63, 3.8) is 0 Å². The number of rotatable bonds is 4. The zero-order valence-electron chi connectivity index (χ0n) is 18.7. The van der Waals surface area contributed by atoms with Gasteiger partial charge in [0.2, 0.25) is 0 Å². The van der Waals surface area contributed by atoms with Crippen molar-refractivity contribution in [3.05, 3.63) is 11.6 Å². The first kappa shape index (κ1) is 20.1. The Morgan fingerprint density at radius 1 is 1.03 bits per heavy atom. The summed E-state index contributed by atoms with van der Waals surface area (Å²) in [7, 11) is 0. The van der Waals surface area contributed by atoms with Gasteiger partial charge in [0.05, 0.1) is 12.7 Å². The summed E-state index contributed by atoms with van der Waals surface area (Å²) in [6, 6.07) is 0. The average Bonchev–Trinajstić information content (AvgIpc) is 3.36. The molecule has 6 rings (SSSR count). The maximum absolute atomic E-state index is 11.7. The Balaban J connectivity index is 1.18. The number of cyclic esters (lactones) is 1. The van der Waals surface area contributed by atoms with Crippen LogP contribution in [0.3, 0.4) is 0 Å². The van der Waals surface area contributed by atoms with E-state index >= 15 is 0 Å². The van der Waals surface area contributed by atoms with Crippen molar-refractivity contribution in [1.82, 2.24) is 0 Å². The highest BCUT2D eigenvalue weighted by atomic mass is 32.2. The molecule has 30 heavy (non-hydrogen) atoms. The lowest BCUT2D eigenvalue weighted by Crippen LogP contribution is -2.53. The average molecular weight is 431 g/mol. The smallest absolute Gasteiger partial charge is 0.331 e. The van der Waals surface area contributed by atoms with E-state index in [1.807, 2.05) is 6.08 Å². The Kier molecular flexibility index (Phi) is 4.88. The van der Waals surface area contributed by atoms with Gasteiger partial charge in [-0.15, -0.1) is 0 Å². The summed E-state index contributed by atoms with van der Waals surface area (Å²) < 4.78 is 10.7. The minimum Gasteiger partial charge on any atom is -0.458 e. The fraction of sp³-hybridized carbons (Fsp3) is 0.885. The normalized spacial score (nSPS) is 52.1. The maximum Gasteiger partial charge on any atom is 0.331 e. The lowest BCUT2D eigenvalue weighted by molar-refractivity contribution is -0.135. The van der Waals surface area contributed by atoms with E-state index in [1.165, 1.54) is 69.1 Å². The number of ether oxygens (including phenoxy) is 2. The van der Waals surface area contributed by atoms with Gasteiger partial charge >= 0.3 is 5.97 Å². The van der Waals surface area contributed by atoms with Crippen LogP contribution in [0.25, 0.3) is 0 Å². The molecule has 166 valence electrons. The molecule has 4 aliphatic carbocycles. The summed E-state index contributed by atoms with van der Waals surface area (Å²) >= 11 is 2.21. The Hall–Kier alpha value is -0.480. The van der Waals surface area contributed by atoms with Crippen LogP contribution in [-0.2, 0) is 14.3 Å². The molecule has 0 radical (unpaired) electrons. The van der Waals surface area contributed by atoms with Crippen molar-refractivity contribution in [2.75, 3.05) is 19.0 Å². The molecule has 2 heterocycles. The van der Waals surface area contributed by atoms with Gasteiger partial charge in [-0.25, -0.2) is 4.79 Å². The Morgan fingerprint density at radius 3 is 2.60 bits per heavy atom. The predicted molar refractivity (Wildman–Crippen MR) is 120 cm³/mol. The van der Waals surface area contributed by atoms with E-state index in [1.54, 1.807) is 0 Å². The summed E-state index contributed by atoms with van der Waals surface area (Å²) in [6.07, 6.45) is 15.0.